The molecule has 0 aliphatic rings. The van der Waals surface area contributed by atoms with Crippen LogP contribution < -0.4 is 10.6 Å². The first kappa shape index (κ1) is 17.7. The number of ether oxygens (including phenoxy) is 1. The number of methoxy groups -OCH3 is 1. The average Bonchev–Trinajstić information content (AvgIpc) is 2.48. The van der Waals surface area contributed by atoms with Gasteiger partial charge in [-0.2, -0.15) is 0 Å². The predicted molar refractivity (Wildman–Crippen MR) is 83.9 cm³/mol. The third-order valence-electron chi connectivity index (χ3n) is 2.74. The van der Waals surface area contributed by atoms with Crippen LogP contribution in [0.4, 0.5) is 5.69 Å². The number of carbonyl (C=O) groups is 3. The van der Waals surface area contributed by atoms with E-state index in [9.17, 15) is 14.4 Å². The number of hydrogen-bond donors (Lipinski definition) is 2. The van der Waals surface area contributed by atoms with Crippen LogP contribution in [0.5, 0.6) is 0 Å². The first-order valence-corrected chi connectivity index (χ1v) is 6.92. The fourth-order valence-corrected chi connectivity index (χ4v) is 1.91. The SMILES string of the molecule is CCNC(=O)c1cccc(NC=C(C(C)=O)C(=O)OC)c1Cl. The predicted octanol–water partition coefficient (Wildman–Crippen LogP) is 2.15. The molecule has 0 spiro atoms. The highest BCUT2D eigenvalue weighted by Gasteiger charge is 2.16. The van der Waals surface area contributed by atoms with Gasteiger partial charge in [0.25, 0.3) is 5.91 Å². The van der Waals surface area contributed by atoms with Crippen molar-refractivity contribution in [2.24, 2.45) is 0 Å². The van der Waals surface area contributed by atoms with Gasteiger partial charge in [-0.25, -0.2) is 4.79 Å². The average molecular weight is 325 g/mol. The molecule has 0 aromatic heterocycles. The second-order valence-electron chi connectivity index (χ2n) is 4.28. The third-order valence-corrected chi connectivity index (χ3v) is 3.14. The number of ketones is 1. The zero-order valence-corrected chi connectivity index (χ0v) is 13.3. The molecule has 22 heavy (non-hydrogen) atoms. The van der Waals surface area contributed by atoms with Crippen molar-refractivity contribution in [3.63, 3.8) is 0 Å². The third kappa shape index (κ3) is 4.33. The van der Waals surface area contributed by atoms with Crippen molar-refractivity contribution >= 4 is 34.9 Å². The van der Waals surface area contributed by atoms with Crippen LogP contribution in [-0.2, 0) is 14.3 Å². The molecule has 0 saturated carbocycles. The normalized spacial score (nSPS) is 10.8. The number of rotatable bonds is 6. The monoisotopic (exact) mass is 324 g/mol. The van der Waals surface area contributed by atoms with Crippen LogP contribution in [0, 0.1) is 0 Å². The Kier molecular flexibility index (Phi) is 6.59. The Balaban J connectivity index is 3.08. The van der Waals surface area contributed by atoms with Crippen LogP contribution in [0.15, 0.2) is 30.0 Å². The van der Waals surface area contributed by atoms with Crippen molar-refractivity contribution in [2.45, 2.75) is 13.8 Å². The van der Waals surface area contributed by atoms with E-state index in [0.717, 1.165) is 0 Å². The van der Waals surface area contributed by atoms with Gasteiger partial charge in [0.1, 0.15) is 5.57 Å². The van der Waals surface area contributed by atoms with Crippen LogP contribution in [0.2, 0.25) is 5.02 Å². The van der Waals surface area contributed by atoms with E-state index in [2.05, 4.69) is 15.4 Å². The van der Waals surface area contributed by atoms with E-state index in [4.69, 9.17) is 11.6 Å². The second-order valence-corrected chi connectivity index (χ2v) is 4.65. The number of halogens is 1. The molecule has 6 nitrogen and oxygen atoms in total. The Morgan fingerprint density at radius 1 is 1.32 bits per heavy atom. The first-order valence-electron chi connectivity index (χ1n) is 6.55. The number of benzene rings is 1. The first-order chi connectivity index (χ1) is 10.4. The number of carbonyl (C=O) groups excluding carboxylic acids is 3. The summed E-state index contributed by atoms with van der Waals surface area (Å²) in [5, 5.41) is 5.59. The molecule has 0 heterocycles. The molecule has 0 unspecified atom stereocenters. The topological polar surface area (TPSA) is 84.5 Å². The zero-order chi connectivity index (χ0) is 16.7. The lowest BCUT2D eigenvalue weighted by atomic mass is 10.1. The molecule has 118 valence electrons. The van der Waals surface area contributed by atoms with E-state index in [1.165, 1.54) is 20.2 Å². The largest absolute Gasteiger partial charge is 0.465 e. The molecule has 0 atom stereocenters. The van der Waals surface area contributed by atoms with Gasteiger partial charge in [-0.1, -0.05) is 17.7 Å². The summed E-state index contributed by atoms with van der Waals surface area (Å²) in [6, 6.07) is 4.84. The minimum Gasteiger partial charge on any atom is -0.465 e. The smallest absolute Gasteiger partial charge is 0.342 e. The highest BCUT2D eigenvalue weighted by molar-refractivity contribution is 6.36. The van der Waals surface area contributed by atoms with Crippen molar-refractivity contribution in [1.82, 2.24) is 5.32 Å². The van der Waals surface area contributed by atoms with E-state index in [-0.39, 0.29) is 16.5 Å². The van der Waals surface area contributed by atoms with E-state index >= 15 is 0 Å². The molecular formula is C15H17ClN2O4. The molecule has 0 bridgehead atoms. The summed E-state index contributed by atoms with van der Waals surface area (Å²) in [6.45, 7) is 3.52. The molecule has 0 saturated heterocycles. The van der Waals surface area contributed by atoms with Crippen molar-refractivity contribution in [3.05, 3.63) is 40.6 Å². The second kappa shape index (κ2) is 8.19. The maximum atomic E-state index is 11.9. The van der Waals surface area contributed by atoms with Gasteiger partial charge in [0.05, 0.1) is 23.4 Å². The number of esters is 1. The molecule has 0 radical (unpaired) electrons. The molecular weight excluding hydrogens is 308 g/mol. The summed E-state index contributed by atoms with van der Waals surface area (Å²) in [4.78, 5) is 34.7. The maximum Gasteiger partial charge on any atom is 0.342 e. The highest BCUT2D eigenvalue weighted by Crippen LogP contribution is 2.26. The minimum absolute atomic E-state index is 0.151. The van der Waals surface area contributed by atoms with Crippen molar-refractivity contribution < 1.29 is 19.1 Å². The Morgan fingerprint density at radius 2 is 2.00 bits per heavy atom. The van der Waals surface area contributed by atoms with Crippen LogP contribution in [-0.4, -0.2) is 31.3 Å². The number of Topliss-reactive ketones (excluding diaryl/α,β-unsaturated/α-hetero) is 1. The summed E-state index contributed by atoms with van der Waals surface area (Å²) in [6.07, 6.45) is 1.21. The fourth-order valence-electron chi connectivity index (χ4n) is 1.64. The van der Waals surface area contributed by atoms with Crippen LogP contribution in [0.25, 0.3) is 0 Å². The van der Waals surface area contributed by atoms with E-state index in [0.29, 0.717) is 17.8 Å². The van der Waals surface area contributed by atoms with E-state index in [1.54, 1.807) is 25.1 Å². The molecule has 2 N–H and O–H groups in total. The molecule has 1 aromatic carbocycles. The Labute approximate surface area is 133 Å². The van der Waals surface area contributed by atoms with Crippen molar-refractivity contribution in [3.8, 4) is 0 Å². The summed E-state index contributed by atoms with van der Waals surface area (Å²) in [7, 11) is 1.18. The standard InChI is InChI=1S/C15H17ClN2O4/c1-4-17-14(20)10-6-5-7-12(13(10)16)18-8-11(9(2)19)15(21)22-3/h5-8,18H,4H2,1-3H3,(H,17,20). The Hall–Kier alpha value is -2.34. The van der Waals surface area contributed by atoms with E-state index in [1.807, 2.05) is 0 Å². The lowest BCUT2D eigenvalue weighted by Crippen LogP contribution is -2.23. The van der Waals surface area contributed by atoms with Gasteiger partial charge in [-0.15, -0.1) is 0 Å². The fraction of sp³-hybridized carbons (Fsp3) is 0.267. The molecule has 0 fully saturated rings. The van der Waals surface area contributed by atoms with Crippen LogP contribution in [0.1, 0.15) is 24.2 Å². The molecule has 0 aliphatic carbocycles. The van der Waals surface area contributed by atoms with Gasteiger partial charge in [0.2, 0.25) is 0 Å². The van der Waals surface area contributed by atoms with Crippen molar-refractivity contribution in [2.75, 3.05) is 19.0 Å². The number of anilines is 1. The molecule has 0 aliphatic heterocycles. The highest BCUT2D eigenvalue weighted by atomic mass is 35.5. The van der Waals surface area contributed by atoms with Gasteiger partial charge >= 0.3 is 5.97 Å². The van der Waals surface area contributed by atoms with Crippen molar-refractivity contribution in [1.29, 1.82) is 0 Å². The number of nitrogens with one attached hydrogen (secondary N) is 2. The lowest BCUT2D eigenvalue weighted by Gasteiger charge is -2.10. The number of hydrogen-bond acceptors (Lipinski definition) is 5. The zero-order valence-electron chi connectivity index (χ0n) is 12.5. The summed E-state index contributed by atoms with van der Waals surface area (Å²) in [5.41, 5.74) is 0.541. The van der Waals surface area contributed by atoms with Crippen LogP contribution in [0.3, 0.4) is 0 Å². The Bertz CT molecular complexity index is 626. The maximum absolute atomic E-state index is 11.9. The summed E-state index contributed by atoms with van der Waals surface area (Å²) in [5.74, 6) is -1.51. The van der Waals surface area contributed by atoms with E-state index < -0.39 is 11.8 Å². The van der Waals surface area contributed by atoms with Gasteiger partial charge in [-0.3, -0.25) is 9.59 Å². The summed E-state index contributed by atoms with van der Waals surface area (Å²) >= 11 is 6.16. The molecule has 1 amide bonds. The molecule has 1 rings (SSSR count). The quantitative estimate of drug-likeness (QED) is 0.362. The van der Waals surface area contributed by atoms with Gasteiger partial charge in [0, 0.05) is 12.7 Å². The molecule has 7 heteroatoms. The molecule has 1 aromatic rings. The van der Waals surface area contributed by atoms with Gasteiger partial charge < -0.3 is 15.4 Å². The summed E-state index contributed by atoms with van der Waals surface area (Å²) < 4.78 is 4.52. The van der Waals surface area contributed by atoms with Crippen LogP contribution >= 0.6 is 11.6 Å². The van der Waals surface area contributed by atoms with Gasteiger partial charge in [0.15, 0.2) is 5.78 Å². The lowest BCUT2D eigenvalue weighted by molar-refractivity contribution is -0.137. The Morgan fingerprint density at radius 3 is 2.55 bits per heavy atom. The minimum atomic E-state index is -0.754. The number of amides is 1. The van der Waals surface area contributed by atoms with Gasteiger partial charge in [-0.05, 0) is 26.0 Å².